The lowest BCUT2D eigenvalue weighted by molar-refractivity contribution is -0.123. The lowest BCUT2D eigenvalue weighted by Crippen LogP contribution is -2.37. The second-order valence-corrected chi connectivity index (χ2v) is 9.82. The van der Waals surface area contributed by atoms with E-state index in [1.54, 1.807) is 30.6 Å². The predicted octanol–water partition coefficient (Wildman–Crippen LogP) is 3.62. The number of hydrogen-bond acceptors (Lipinski definition) is 10. The molecule has 1 aliphatic rings. The van der Waals surface area contributed by atoms with E-state index in [9.17, 15) is 14.4 Å². The number of nitrogens with one attached hydrogen (secondary N) is 2. The molecule has 0 atom stereocenters. The average molecular weight is 499 g/mol. The first-order valence-corrected chi connectivity index (χ1v) is 12.4. The molecule has 9 nitrogen and oxygen atoms in total. The van der Waals surface area contributed by atoms with Crippen molar-refractivity contribution in [3.05, 3.63) is 65.3 Å². The highest BCUT2D eigenvalue weighted by Crippen LogP contribution is 2.32. The van der Waals surface area contributed by atoms with Gasteiger partial charge >= 0.3 is 0 Å². The molecule has 12 heteroatoms. The van der Waals surface area contributed by atoms with Crippen molar-refractivity contribution in [1.82, 2.24) is 25.4 Å². The summed E-state index contributed by atoms with van der Waals surface area (Å²) in [6.45, 7) is 0.282. The van der Waals surface area contributed by atoms with Crippen molar-refractivity contribution < 1.29 is 14.4 Å². The van der Waals surface area contributed by atoms with E-state index in [0.29, 0.717) is 14.4 Å². The second-order valence-electron chi connectivity index (χ2n) is 6.62. The number of pyridine rings is 1. The summed E-state index contributed by atoms with van der Waals surface area (Å²) in [7, 11) is 0. The van der Waals surface area contributed by atoms with Gasteiger partial charge in [0.15, 0.2) is 4.34 Å². The van der Waals surface area contributed by atoms with E-state index in [4.69, 9.17) is 0 Å². The Morgan fingerprint density at radius 3 is 2.76 bits per heavy atom. The molecule has 2 aromatic heterocycles. The van der Waals surface area contributed by atoms with Crippen molar-refractivity contribution in [2.24, 2.45) is 0 Å². The maximum Gasteiger partial charge on any atom is 0.293 e. The fraction of sp³-hybridized carbons (Fsp3) is 0.143. The van der Waals surface area contributed by atoms with Crippen LogP contribution < -0.4 is 10.6 Å². The number of anilines is 2. The van der Waals surface area contributed by atoms with Gasteiger partial charge in [0, 0.05) is 31.2 Å². The van der Waals surface area contributed by atoms with Gasteiger partial charge in [0.2, 0.25) is 11.0 Å². The fourth-order valence-electron chi connectivity index (χ4n) is 2.75. The molecule has 3 heterocycles. The zero-order valence-electron chi connectivity index (χ0n) is 17.1. The highest BCUT2D eigenvalue weighted by molar-refractivity contribution is 8.18. The van der Waals surface area contributed by atoms with Crippen molar-refractivity contribution in [3.63, 3.8) is 0 Å². The first-order valence-electron chi connectivity index (χ1n) is 9.79. The number of nitrogens with zero attached hydrogens (tertiary/aromatic N) is 4. The summed E-state index contributed by atoms with van der Waals surface area (Å²) in [6, 6.07) is 13.2. The highest BCUT2D eigenvalue weighted by Gasteiger charge is 2.34. The highest BCUT2D eigenvalue weighted by atomic mass is 32.2. The summed E-state index contributed by atoms with van der Waals surface area (Å²) < 4.78 is 0.662. The molecule has 33 heavy (non-hydrogen) atoms. The number of benzene rings is 1. The van der Waals surface area contributed by atoms with E-state index in [0.717, 1.165) is 27.9 Å². The number of imide groups is 1. The van der Waals surface area contributed by atoms with Crippen LogP contribution in [0.5, 0.6) is 0 Å². The van der Waals surface area contributed by atoms with E-state index in [1.165, 1.54) is 23.1 Å². The minimum Gasteiger partial charge on any atom is -0.354 e. The zero-order valence-corrected chi connectivity index (χ0v) is 19.6. The second kappa shape index (κ2) is 11.1. The van der Waals surface area contributed by atoms with Gasteiger partial charge in [0.1, 0.15) is 0 Å². The van der Waals surface area contributed by atoms with Crippen molar-refractivity contribution in [1.29, 1.82) is 0 Å². The van der Waals surface area contributed by atoms with Crippen LogP contribution in [-0.4, -0.2) is 56.0 Å². The summed E-state index contributed by atoms with van der Waals surface area (Å²) in [5, 5.41) is 14.3. The maximum atomic E-state index is 12.5. The SMILES string of the molecule is O=C(CSc1nnc(Nc2ccccc2)s1)NCCN1C(=O)S/C(=C\c2cccnc2)C1=O. The molecule has 2 N–H and O–H groups in total. The van der Waals surface area contributed by atoms with E-state index in [2.05, 4.69) is 25.8 Å². The molecule has 4 rings (SSSR count). The average Bonchev–Trinajstić information content (AvgIpc) is 3.38. The third kappa shape index (κ3) is 6.40. The van der Waals surface area contributed by atoms with Crippen LogP contribution in [0.25, 0.3) is 6.08 Å². The lowest BCUT2D eigenvalue weighted by atomic mass is 10.2. The first kappa shape index (κ1) is 23.0. The Kier molecular flexibility index (Phi) is 7.70. The number of hydrogen-bond donors (Lipinski definition) is 2. The number of amides is 3. The lowest BCUT2D eigenvalue weighted by Gasteiger charge is -2.12. The van der Waals surface area contributed by atoms with Gasteiger partial charge in [-0.1, -0.05) is 47.4 Å². The smallest absolute Gasteiger partial charge is 0.293 e. The minimum atomic E-state index is -0.371. The van der Waals surface area contributed by atoms with Crippen LogP contribution >= 0.6 is 34.9 Å². The Balaban J connectivity index is 1.20. The van der Waals surface area contributed by atoms with E-state index >= 15 is 0 Å². The number of thioether (sulfide) groups is 2. The monoisotopic (exact) mass is 498 g/mol. The van der Waals surface area contributed by atoms with Gasteiger partial charge in [-0.2, -0.15) is 0 Å². The van der Waals surface area contributed by atoms with E-state index in [-0.39, 0.29) is 35.9 Å². The Labute approximate surface area is 202 Å². The molecule has 0 unspecified atom stereocenters. The van der Waals surface area contributed by atoms with Gasteiger partial charge in [-0.15, -0.1) is 10.2 Å². The zero-order chi connectivity index (χ0) is 23.0. The van der Waals surface area contributed by atoms with Crippen LogP contribution in [-0.2, 0) is 9.59 Å². The van der Waals surface area contributed by atoms with Gasteiger partial charge in [-0.25, -0.2) is 0 Å². The number of para-hydroxylation sites is 1. The van der Waals surface area contributed by atoms with Gasteiger partial charge in [-0.3, -0.25) is 24.3 Å². The van der Waals surface area contributed by atoms with Gasteiger partial charge in [0.25, 0.3) is 11.1 Å². The number of carbonyl (C=O) groups is 3. The van der Waals surface area contributed by atoms with Crippen LogP contribution in [0.4, 0.5) is 15.6 Å². The molecule has 1 aromatic carbocycles. The third-order valence-electron chi connectivity index (χ3n) is 4.27. The molecule has 0 saturated carbocycles. The summed E-state index contributed by atoms with van der Waals surface area (Å²) in [6.07, 6.45) is 4.89. The van der Waals surface area contributed by atoms with E-state index in [1.807, 2.05) is 30.3 Å². The summed E-state index contributed by atoms with van der Waals surface area (Å²) >= 11 is 3.51. The number of aromatic nitrogens is 3. The fourth-order valence-corrected chi connectivity index (χ4v) is 5.22. The first-order chi connectivity index (χ1) is 16.1. The molecule has 0 bridgehead atoms. The van der Waals surface area contributed by atoms with Crippen molar-refractivity contribution in [3.8, 4) is 0 Å². The van der Waals surface area contributed by atoms with Gasteiger partial charge in [0.05, 0.1) is 10.7 Å². The van der Waals surface area contributed by atoms with Crippen LogP contribution in [0.1, 0.15) is 5.56 Å². The molecular formula is C21H18N6O3S3. The standard InChI is InChI=1S/C21H18N6O3S3/c28-17(13-31-20-26-25-19(33-20)24-15-6-2-1-3-7-15)23-9-10-27-18(29)16(32-21(27)30)11-14-5-4-8-22-12-14/h1-8,11-12H,9-10,13H2,(H,23,28)(H,24,25)/b16-11-. The molecule has 168 valence electrons. The van der Waals surface area contributed by atoms with Gasteiger partial charge < -0.3 is 10.6 Å². The Hall–Kier alpha value is -3.22. The van der Waals surface area contributed by atoms with Crippen molar-refractivity contribution >= 4 is 68.8 Å². The Bertz CT molecular complexity index is 1170. The predicted molar refractivity (Wildman–Crippen MR) is 130 cm³/mol. The van der Waals surface area contributed by atoms with Crippen molar-refractivity contribution in [2.45, 2.75) is 4.34 Å². The molecule has 0 aliphatic carbocycles. The molecule has 1 saturated heterocycles. The van der Waals surface area contributed by atoms with Crippen LogP contribution in [0.15, 0.2) is 64.1 Å². The maximum absolute atomic E-state index is 12.5. The Morgan fingerprint density at radius 1 is 1.12 bits per heavy atom. The Morgan fingerprint density at radius 2 is 1.97 bits per heavy atom. The molecular weight excluding hydrogens is 480 g/mol. The van der Waals surface area contributed by atoms with Crippen LogP contribution in [0.2, 0.25) is 0 Å². The quantitative estimate of drug-likeness (QED) is 0.337. The summed E-state index contributed by atoms with van der Waals surface area (Å²) in [5.74, 6) is -0.432. The largest absolute Gasteiger partial charge is 0.354 e. The summed E-state index contributed by atoms with van der Waals surface area (Å²) in [5.41, 5.74) is 1.65. The molecule has 3 amide bonds. The molecule has 1 fully saturated rings. The number of rotatable bonds is 9. The van der Waals surface area contributed by atoms with Crippen molar-refractivity contribution in [2.75, 3.05) is 24.2 Å². The van der Waals surface area contributed by atoms with Crippen LogP contribution in [0, 0.1) is 0 Å². The third-order valence-corrected chi connectivity index (χ3v) is 7.15. The topological polar surface area (TPSA) is 117 Å². The number of carbonyl (C=O) groups excluding carboxylic acids is 3. The molecule has 0 spiro atoms. The van der Waals surface area contributed by atoms with E-state index < -0.39 is 0 Å². The summed E-state index contributed by atoms with van der Waals surface area (Å²) in [4.78, 5) is 42.3. The normalized spacial score (nSPS) is 14.7. The molecule has 1 aliphatic heterocycles. The molecule has 3 aromatic rings. The minimum absolute atomic E-state index is 0.107. The van der Waals surface area contributed by atoms with Crippen LogP contribution in [0.3, 0.4) is 0 Å². The molecule has 0 radical (unpaired) electrons. The van der Waals surface area contributed by atoms with Gasteiger partial charge in [-0.05, 0) is 41.6 Å².